The lowest BCUT2D eigenvalue weighted by Crippen LogP contribution is -2.46. The quantitative estimate of drug-likeness (QED) is 0.500. The summed E-state index contributed by atoms with van der Waals surface area (Å²) in [4.78, 5) is 2.31. The van der Waals surface area contributed by atoms with Gasteiger partial charge < -0.3 is 15.7 Å². The smallest absolute Gasteiger partial charge is 0.0911 e. The Morgan fingerprint density at radius 1 is 1.41 bits per heavy atom. The Labute approximate surface area is 104 Å². The highest BCUT2D eigenvalue weighted by Gasteiger charge is 2.45. The first-order valence-electron chi connectivity index (χ1n) is 6.74. The molecule has 0 aromatic heterocycles. The number of likely N-dealkylation sites (N-methyl/N-ethyl adjacent to an activating group) is 1. The van der Waals surface area contributed by atoms with E-state index in [2.05, 4.69) is 11.9 Å². The largest absolute Gasteiger partial charge is 0.391 e. The Kier molecular flexibility index (Phi) is 3.73. The molecule has 0 saturated heterocycles. The van der Waals surface area contributed by atoms with E-state index in [0.717, 1.165) is 32.2 Å². The van der Waals surface area contributed by atoms with Gasteiger partial charge in [-0.3, -0.25) is 5.41 Å². The van der Waals surface area contributed by atoms with Crippen molar-refractivity contribution in [2.24, 2.45) is 11.1 Å². The maximum absolute atomic E-state index is 10.0. The summed E-state index contributed by atoms with van der Waals surface area (Å²) in [7, 11) is 2.11. The number of aliphatic hydroxyl groups is 1. The highest BCUT2D eigenvalue weighted by molar-refractivity contribution is 5.78. The summed E-state index contributed by atoms with van der Waals surface area (Å²) < 4.78 is 0. The second kappa shape index (κ2) is 4.94. The van der Waals surface area contributed by atoms with Crippen LogP contribution in [-0.2, 0) is 0 Å². The molecule has 0 aliphatic heterocycles. The summed E-state index contributed by atoms with van der Waals surface area (Å²) in [5.41, 5.74) is 5.76. The number of rotatable bonds is 5. The molecular formula is C13H25N3O. The normalized spacial score (nSPS) is 31.5. The van der Waals surface area contributed by atoms with Gasteiger partial charge in [0.2, 0.25) is 0 Å². The Morgan fingerprint density at radius 2 is 2.06 bits per heavy atom. The molecular weight excluding hydrogens is 214 g/mol. The van der Waals surface area contributed by atoms with E-state index in [1.807, 2.05) is 0 Å². The molecule has 2 saturated carbocycles. The molecule has 17 heavy (non-hydrogen) atoms. The molecule has 4 N–H and O–H groups in total. The van der Waals surface area contributed by atoms with E-state index >= 15 is 0 Å². The molecule has 4 nitrogen and oxygen atoms in total. The van der Waals surface area contributed by atoms with Gasteiger partial charge in [0.15, 0.2) is 0 Å². The SMILES string of the molecule is CN(CC1(CC(=N)N)CC1)C1CCCCC1O. The average molecular weight is 239 g/mol. The third kappa shape index (κ3) is 3.19. The van der Waals surface area contributed by atoms with Gasteiger partial charge in [0.1, 0.15) is 0 Å². The standard InChI is InChI=1S/C13H25N3O/c1-16(10-4-2-3-5-11(10)17)9-13(6-7-13)8-12(14)15/h10-11,17H,2-9H2,1H3,(H3,14,15). The Bertz CT molecular complexity index is 288. The number of hydrogen-bond donors (Lipinski definition) is 3. The fraction of sp³-hybridized carbons (Fsp3) is 0.923. The monoisotopic (exact) mass is 239 g/mol. The van der Waals surface area contributed by atoms with Crippen LogP contribution in [0.3, 0.4) is 0 Å². The summed E-state index contributed by atoms with van der Waals surface area (Å²) in [6.07, 6.45) is 7.35. The van der Waals surface area contributed by atoms with E-state index in [1.54, 1.807) is 0 Å². The summed E-state index contributed by atoms with van der Waals surface area (Å²) in [6.45, 7) is 0.980. The number of hydrogen-bond acceptors (Lipinski definition) is 3. The highest BCUT2D eigenvalue weighted by Crippen LogP contribution is 2.49. The molecule has 2 fully saturated rings. The van der Waals surface area contributed by atoms with Crippen molar-refractivity contribution in [3.8, 4) is 0 Å². The highest BCUT2D eigenvalue weighted by atomic mass is 16.3. The minimum absolute atomic E-state index is 0.165. The summed E-state index contributed by atoms with van der Waals surface area (Å²) in [6, 6.07) is 0.313. The van der Waals surface area contributed by atoms with E-state index < -0.39 is 0 Å². The van der Waals surface area contributed by atoms with Crippen LogP contribution in [0.5, 0.6) is 0 Å². The minimum Gasteiger partial charge on any atom is -0.391 e. The third-order valence-corrected chi connectivity index (χ3v) is 4.37. The second-order valence-electron chi connectivity index (χ2n) is 6.04. The predicted octanol–water partition coefficient (Wildman–Crippen LogP) is 1.33. The first kappa shape index (κ1) is 12.8. The van der Waals surface area contributed by atoms with E-state index in [4.69, 9.17) is 11.1 Å². The van der Waals surface area contributed by atoms with Crippen molar-refractivity contribution in [2.45, 2.75) is 57.1 Å². The molecule has 0 heterocycles. The van der Waals surface area contributed by atoms with Crippen molar-refractivity contribution < 1.29 is 5.11 Å². The van der Waals surface area contributed by atoms with Gasteiger partial charge in [0.25, 0.3) is 0 Å². The van der Waals surface area contributed by atoms with Crippen molar-refractivity contribution in [1.82, 2.24) is 4.90 Å². The Hall–Kier alpha value is -0.610. The number of amidine groups is 1. The topological polar surface area (TPSA) is 73.3 Å². The summed E-state index contributed by atoms with van der Waals surface area (Å²) >= 11 is 0. The number of nitrogens with two attached hydrogens (primary N) is 1. The van der Waals surface area contributed by atoms with Gasteiger partial charge in [-0.2, -0.15) is 0 Å². The van der Waals surface area contributed by atoms with Crippen molar-refractivity contribution >= 4 is 5.84 Å². The van der Waals surface area contributed by atoms with E-state index in [0.29, 0.717) is 11.9 Å². The minimum atomic E-state index is -0.165. The van der Waals surface area contributed by atoms with Crippen molar-refractivity contribution in [3.63, 3.8) is 0 Å². The van der Waals surface area contributed by atoms with Gasteiger partial charge in [-0.25, -0.2) is 0 Å². The molecule has 2 rings (SSSR count). The fourth-order valence-corrected chi connectivity index (χ4v) is 3.22. The fourth-order valence-electron chi connectivity index (χ4n) is 3.22. The first-order valence-corrected chi connectivity index (χ1v) is 6.74. The van der Waals surface area contributed by atoms with Gasteiger partial charge in [-0.1, -0.05) is 12.8 Å². The second-order valence-corrected chi connectivity index (χ2v) is 6.04. The van der Waals surface area contributed by atoms with Gasteiger partial charge in [-0.05, 0) is 38.1 Å². The van der Waals surface area contributed by atoms with Gasteiger partial charge >= 0.3 is 0 Å². The van der Waals surface area contributed by atoms with Crippen LogP contribution < -0.4 is 5.73 Å². The maximum atomic E-state index is 10.0. The Morgan fingerprint density at radius 3 is 2.59 bits per heavy atom. The number of aliphatic hydroxyl groups excluding tert-OH is 1. The van der Waals surface area contributed by atoms with Gasteiger partial charge in [-0.15, -0.1) is 0 Å². The third-order valence-electron chi connectivity index (χ3n) is 4.37. The summed E-state index contributed by atoms with van der Waals surface area (Å²) in [5.74, 6) is 0.306. The summed E-state index contributed by atoms with van der Waals surface area (Å²) in [5, 5.41) is 17.5. The molecule has 0 bridgehead atoms. The molecule has 98 valence electrons. The van der Waals surface area contributed by atoms with Crippen molar-refractivity contribution in [1.29, 1.82) is 5.41 Å². The van der Waals surface area contributed by atoms with Crippen LogP contribution >= 0.6 is 0 Å². The lowest BCUT2D eigenvalue weighted by Gasteiger charge is -2.37. The molecule has 2 aliphatic carbocycles. The van der Waals surface area contributed by atoms with E-state index in [1.165, 1.54) is 19.3 Å². The number of nitrogens with zero attached hydrogens (tertiary/aromatic N) is 1. The zero-order valence-electron chi connectivity index (χ0n) is 10.8. The zero-order chi connectivity index (χ0) is 12.5. The molecule has 0 amide bonds. The van der Waals surface area contributed by atoms with Crippen LogP contribution in [0.2, 0.25) is 0 Å². The first-order chi connectivity index (χ1) is 8.02. The van der Waals surface area contributed by atoms with Crippen LogP contribution in [0.15, 0.2) is 0 Å². The van der Waals surface area contributed by atoms with Crippen LogP contribution in [0, 0.1) is 10.8 Å². The molecule has 0 radical (unpaired) electrons. The number of nitrogens with one attached hydrogen (secondary N) is 1. The molecule has 0 aromatic rings. The van der Waals surface area contributed by atoms with Crippen LogP contribution in [-0.4, -0.2) is 41.6 Å². The van der Waals surface area contributed by atoms with Crippen LogP contribution in [0.25, 0.3) is 0 Å². The maximum Gasteiger partial charge on any atom is 0.0911 e. The van der Waals surface area contributed by atoms with Crippen molar-refractivity contribution in [3.05, 3.63) is 0 Å². The lowest BCUT2D eigenvalue weighted by molar-refractivity contribution is 0.0241. The molecule has 0 spiro atoms. The molecule has 2 aliphatic rings. The molecule has 2 unspecified atom stereocenters. The van der Waals surface area contributed by atoms with E-state index in [9.17, 15) is 5.11 Å². The van der Waals surface area contributed by atoms with Gasteiger partial charge in [0.05, 0.1) is 11.9 Å². The van der Waals surface area contributed by atoms with Crippen molar-refractivity contribution in [2.75, 3.05) is 13.6 Å². The van der Waals surface area contributed by atoms with Crippen LogP contribution in [0.4, 0.5) is 0 Å². The molecule has 2 atom stereocenters. The Balaban J connectivity index is 1.87. The average Bonchev–Trinajstić information content (AvgIpc) is 2.97. The molecule has 0 aromatic carbocycles. The van der Waals surface area contributed by atoms with E-state index in [-0.39, 0.29) is 11.5 Å². The zero-order valence-corrected chi connectivity index (χ0v) is 10.8. The van der Waals surface area contributed by atoms with Gasteiger partial charge in [0, 0.05) is 19.0 Å². The van der Waals surface area contributed by atoms with Crippen LogP contribution in [0.1, 0.15) is 44.9 Å². The lowest BCUT2D eigenvalue weighted by atomic mass is 9.90. The predicted molar refractivity (Wildman–Crippen MR) is 69.1 cm³/mol. The molecule has 4 heteroatoms.